The van der Waals surface area contributed by atoms with Gasteiger partial charge in [0.15, 0.2) is 0 Å². The minimum absolute atomic E-state index is 0.00812. The van der Waals surface area contributed by atoms with Gasteiger partial charge in [-0.05, 0) is 47.9 Å². The molecule has 3 aromatic carbocycles. The van der Waals surface area contributed by atoms with Crippen LogP contribution in [-0.4, -0.2) is 60.1 Å². The molecule has 3 aromatic rings. The number of carbonyl (C=O) groups is 2. The highest BCUT2D eigenvalue weighted by Gasteiger charge is 2.21. The van der Waals surface area contributed by atoms with Crippen LogP contribution in [0, 0.1) is 0 Å². The largest absolute Gasteiger partial charge is 0.341 e. The normalized spacial score (nSPS) is 14.6. The molecule has 4 rings (SSSR count). The first-order valence-corrected chi connectivity index (χ1v) is 14.1. The summed E-state index contributed by atoms with van der Waals surface area (Å²) in [4.78, 5) is 31.0. The van der Waals surface area contributed by atoms with E-state index in [9.17, 15) is 9.59 Å². The Morgan fingerprint density at radius 3 is 2.33 bits per heavy atom. The van der Waals surface area contributed by atoms with Gasteiger partial charge in [0.05, 0.1) is 12.3 Å². The quantitative estimate of drug-likeness (QED) is 0.374. The molecule has 1 fully saturated rings. The lowest BCUT2D eigenvalue weighted by Crippen LogP contribution is -2.38. The molecule has 0 aromatic heterocycles. The van der Waals surface area contributed by atoms with Crippen molar-refractivity contribution in [2.75, 3.05) is 43.8 Å². The number of thioether (sulfide) groups is 1. The molecule has 1 aliphatic rings. The van der Waals surface area contributed by atoms with Crippen molar-refractivity contribution >= 4 is 51.6 Å². The number of amides is 2. The van der Waals surface area contributed by atoms with Crippen LogP contribution < -0.4 is 5.32 Å². The fourth-order valence-corrected chi connectivity index (χ4v) is 6.12. The summed E-state index contributed by atoms with van der Waals surface area (Å²) < 4.78 is 0. The van der Waals surface area contributed by atoms with Gasteiger partial charge in [0.25, 0.3) is 0 Å². The maximum Gasteiger partial charge on any atom is 0.238 e. The fraction of sp³-hybridized carbons (Fsp3) is 0.379. The number of aryl methyl sites for hydroxylation is 2. The summed E-state index contributed by atoms with van der Waals surface area (Å²) in [6.45, 7) is 7.41. The Bertz CT molecular complexity index is 1200. The number of carbonyl (C=O) groups excluding carboxylic acids is 2. The van der Waals surface area contributed by atoms with E-state index in [1.54, 1.807) is 0 Å². The highest BCUT2D eigenvalue weighted by Crippen LogP contribution is 2.33. The third kappa shape index (κ3) is 6.41. The molecule has 1 aliphatic heterocycles. The molecule has 5 nitrogen and oxygen atoms in total. The second-order valence-electron chi connectivity index (χ2n) is 9.10. The van der Waals surface area contributed by atoms with Crippen LogP contribution >= 0.6 is 23.4 Å². The minimum atomic E-state index is 0.00812. The van der Waals surface area contributed by atoms with Crippen molar-refractivity contribution in [2.45, 2.75) is 38.0 Å². The zero-order chi connectivity index (χ0) is 25.5. The van der Waals surface area contributed by atoms with Crippen molar-refractivity contribution < 1.29 is 9.59 Å². The molecule has 0 radical (unpaired) electrons. The standard InChI is InChI=1S/C29H34ClN3O2S/c1-3-21-9-5-10-22(4-2)29(21)31-26(34)19-32-15-8-16-33(18-17-32)27(35)20-36-25-14-7-12-23-11-6-13-24(30)28(23)25/h5-7,9-14H,3-4,8,15-20H2,1-2H3,(H,31,34). The molecule has 0 aliphatic carbocycles. The van der Waals surface area contributed by atoms with E-state index in [2.05, 4.69) is 42.3 Å². The number of anilines is 1. The van der Waals surface area contributed by atoms with Crippen LogP contribution in [0.2, 0.25) is 5.02 Å². The number of nitrogens with zero attached hydrogens (tertiary/aromatic N) is 2. The molecule has 1 saturated heterocycles. The highest BCUT2D eigenvalue weighted by molar-refractivity contribution is 8.00. The smallest absolute Gasteiger partial charge is 0.238 e. The van der Waals surface area contributed by atoms with Gasteiger partial charge in [-0.15, -0.1) is 11.8 Å². The second-order valence-corrected chi connectivity index (χ2v) is 10.5. The van der Waals surface area contributed by atoms with Gasteiger partial charge in [-0.1, -0.05) is 67.9 Å². The van der Waals surface area contributed by atoms with Crippen LogP contribution in [0.3, 0.4) is 0 Å². The Hall–Kier alpha value is -2.54. The molecule has 0 bridgehead atoms. The van der Waals surface area contributed by atoms with Gasteiger partial charge in [0.1, 0.15) is 0 Å². The van der Waals surface area contributed by atoms with Crippen molar-refractivity contribution in [1.29, 1.82) is 0 Å². The summed E-state index contributed by atoms with van der Waals surface area (Å²) in [5.74, 6) is 0.506. The average Bonchev–Trinajstić information content (AvgIpc) is 3.13. The van der Waals surface area contributed by atoms with Gasteiger partial charge in [-0.2, -0.15) is 0 Å². The van der Waals surface area contributed by atoms with Crippen LogP contribution in [0.1, 0.15) is 31.4 Å². The monoisotopic (exact) mass is 523 g/mol. The summed E-state index contributed by atoms with van der Waals surface area (Å²) in [5, 5.41) is 5.96. The number of hydrogen-bond donors (Lipinski definition) is 1. The molecule has 0 saturated carbocycles. The number of para-hydroxylation sites is 1. The first-order valence-electron chi connectivity index (χ1n) is 12.7. The number of nitrogens with one attached hydrogen (secondary N) is 1. The lowest BCUT2D eigenvalue weighted by atomic mass is 10.0. The van der Waals surface area contributed by atoms with Crippen LogP contribution in [-0.2, 0) is 22.4 Å². The Balaban J connectivity index is 1.31. The van der Waals surface area contributed by atoms with E-state index in [0.717, 1.165) is 47.2 Å². The molecule has 190 valence electrons. The topological polar surface area (TPSA) is 52.7 Å². The Labute approximate surface area is 223 Å². The first-order chi connectivity index (χ1) is 17.5. The summed E-state index contributed by atoms with van der Waals surface area (Å²) >= 11 is 7.98. The molecule has 0 unspecified atom stereocenters. The van der Waals surface area contributed by atoms with Crippen LogP contribution in [0.4, 0.5) is 5.69 Å². The molecule has 36 heavy (non-hydrogen) atoms. The third-order valence-electron chi connectivity index (χ3n) is 6.74. The molecule has 0 atom stereocenters. The molecular weight excluding hydrogens is 490 g/mol. The zero-order valence-electron chi connectivity index (χ0n) is 21.1. The summed E-state index contributed by atoms with van der Waals surface area (Å²) in [6, 6.07) is 18.1. The maximum absolute atomic E-state index is 13.0. The highest BCUT2D eigenvalue weighted by atomic mass is 35.5. The summed E-state index contributed by atoms with van der Waals surface area (Å²) in [7, 11) is 0. The van der Waals surface area contributed by atoms with Gasteiger partial charge in [0.2, 0.25) is 11.8 Å². The lowest BCUT2D eigenvalue weighted by Gasteiger charge is -2.22. The predicted octanol–water partition coefficient (Wildman–Crippen LogP) is 5.88. The number of fused-ring (bicyclic) bond motifs is 1. The Kier molecular flexibility index (Phi) is 9.30. The van der Waals surface area contributed by atoms with E-state index in [0.29, 0.717) is 37.0 Å². The molecule has 1 heterocycles. The number of benzene rings is 3. The van der Waals surface area contributed by atoms with Crippen molar-refractivity contribution in [2.24, 2.45) is 0 Å². The lowest BCUT2D eigenvalue weighted by molar-refractivity contribution is -0.128. The molecule has 1 N–H and O–H groups in total. The number of rotatable bonds is 8. The first kappa shape index (κ1) is 26.5. The zero-order valence-corrected chi connectivity index (χ0v) is 22.6. The van der Waals surface area contributed by atoms with Gasteiger partial charge < -0.3 is 10.2 Å². The molecule has 7 heteroatoms. The van der Waals surface area contributed by atoms with Gasteiger partial charge in [-0.3, -0.25) is 14.5 Å². The van der Waals surface area contributed by atoms with E-state index >= 15 is 0 Å². The third-order valence-corrected chi connectivity index (χ3v) is 8.10. The van der Waals surface area contributed by atoms with Gasteiger partial charge in [0, 0.05) is 47.2 Å². The minimum Gasteiger partial charge on any atom is -0.341 e. The average molecular weight is 524 g/mol. The fourth-order valence-electron chi connectivity index (χ4n) is 4.78. The van der Waals surface area contributed by atoms with Gasteiger partial charge >= 0.3 is 0 Å². The van der Waals surface area contributed by atoms with Crippen LogP contribution in [0.15, 0.2) is 59.5 Å². The van der Waals surface area contributed by atoms with Crippen molar-refractivity contribution in [3.05, 3.63) is 70.7 Å². The second kappa shape index (κ2) is 12.6. The van der Waals surface area contributed by atoms with Crippen LogP contribution in [0.25, 0.3) is 10.8 Å². The summed E-state index contributed by atoms with van der Waals surface area (Å²) in [6.07, 6.45) is 2.62. The van der Waals surface area contributed by atoms with Crippen LogP contribution in [0.5, 0.6) is 0 Å². The molecule has 2 amide bonds. The van der Waals surface area contributed by atoms with E-state index in [-0.39, 0.29) is 11.8 Å². The van der Waals surface area contributed by atoms with E-state index < -0.39 is 0 Å². The number of halogens is 1. The van der Waals surface area contributed by atoms with Crippen molar-refractivity contribution in [3.8, 4) is 0 Å². The maximum atomic E-state index is 13.0. The summed E-state index contributed by atoms with van der Waals surface area (Å²) in [5.41, 5.74) is 3.30. The van der Waals surface area contributed by atoms with E-state index in [1.165, 1.54) is 22.9 Å². The Morgan fingerprint density at radius 2 is 1.61 bits per heavy atom. The van der Waals surface area contributed by atoms with E-state index in [4.69, 9.17) is 11.6 Å². The molecular formula is C29H34ClN3O2S. The Morgan fingerprint density at radius 1 is 0.917 bits per heavy atom. The van der Waals surface area contributed by atoms with Gasteiger partial charge in [-0.25, -0.2) is 0 Å². The SMILES string of the molecule is CCc1cccc(CC)c1NC(=O)CN1CCCN(C(=O)CSc2cccc3cccc(Cl)c23)CC1. The van der Waals surface area contributed by atoms with E-state index in [1.807, 2.05) is 41.3 Å². The van der Waals surface area contributed by atoms with Crippen molar-refractivity contribution in [3.63, 3.8) is 0 Å². The molecule has 0 spiro atoms. The van der Waals surface area contributed by atoms with Crippen molar-refractivity contribution in [1.82, 2.24) is 9.80 Å². The number of hydrogen-bond acceptors (Lipinski definition) is 4. The predicted molar refractivity (Wildman–Crippen MR) is 151 cm³/mol.